The molecule has 0 bridgehead atoms. The molecular weight excluding hydrogens is 863 g/mol. The summed E-state index contributed by atoms with van der Waals surface area (Å²) < 4.78 is 7.15. The Kier molecular flexibility index (Phi) is 8.59. The monoisotopic (exact) mass is 903 g/mol. The van der Waals surface area contributed by atoms with Gasteiger partial charge in [-0.25, -0.2) is 9.97 Å². The first-order valence-corrected chi connectivity index (χ1v) is 24.2. The molecule has 330 valence electrons. The van der Waals surface area contributed by atoms with Crippen LogP contribution in [0, 0.1) is 0 Å². The summed E-state index contributed by atoms with van der Waals surface area (Å²) in [5.74, 6) is 0.621. The van der Waals surface area contributed by atoms with Gasteiger partial charge in [0, 0.05) is 54.8 Å². The summed E-state index contributed by atoms with van der Waals surface area (Å²) in [5, 5.41) is 11.9. The second-order valence-corrected chi connectivity index (χ2v) is 18.6. The average Bonchev–Trinajstić information content (AvgIpc) is 4.08. The first-order chi connectivity index (χ1) is 35.2. The maximum absolute atomic E-state index is 5.49. The van der Waals surface area contributed by atoms with Crippen LogP contribution in [0.2, 0.25) is 0 Å². The molecule has 0 spiro atoms. The second-order valence-electron chi connectivity index (χ2n) is 18.6. The summed E-state index contributed by atoms with van der Waals surface area (Å²) >= 11 is 0. The highest BCUT2D eigenvalue weighted by Crippen LogP contribution is 2.44. The predicted octanol–water partition coefficient (Wildman–Crippen LogP) is 17.1. The van der Waals surface area contributed by atoms with Gasteiger partial charge in [-0.2, -0.15) is 0 Å². The lowest BCUT2D eigenvalue weighted by atomic mass is 10.0. The number of aromatic nitrogens is 5. The van der Waals surface area contributed by atoms with E-state index in [1.165, 1.54) is 65.3 Å². The summed E-state index contributed by atoms with van der Waals surface area (Å²) in [5.41, 5.74) is 15.1. The largest absolute Gasteiger partial charge is 0.309 e. The number of para-hydroxylation sites is 3. The van der Waals surface area contributed by atoms with Crippen LogP contribution in [0.3, 0.4) is 0 Å². The van der Waals surface area contributed by atoms with Crippen LogP contribution in [0.25, 0.3) is 138 Å². The fourth-order valence-electron chi connectivity index (χ4n) is 11.4. The number of hydrogen-bond acceptors (Lipinski definition) is 2. The van der Waals surface area contributed by atoms with E-state index in [1.54, 1.807) is 0 Å². The van der Waals surface area contributed by atoms with Crippen LogP contribution in [0.15, 0.2) is 249 Å². The van der Waals surface area contributed by atoms with E-state index in [2.05, 4.69) is 262 Å². The van der Waals surface area contributed by atoms with Crippen molar-refractivity contribution in [2.45, 2.75) is 0 Å². The van der Waals surface area contributed by atoms with Gasteiger partial charge in [0.15, 0.2) is 0 Å². The van der Waals surface area contributed by atoms with Gasteiger partial charge in [0.05, 0.1) is 44.5 Å². The van der Waals surface area contributed by atoms with E-state index in [-0.39, 0.29) is 0 Å². The Morgan fingerprint density at radius 3 is 1.32 bits per heavy atom. The molecule has 0 fully saturated rings. The minimum atomic E-state index is 0.621. The van der Waals surface area contributed by atoms with Gasteiger partial charge in [0.25, 0.3) is 0 Å². The lowest BCUT2D eigenvalue weighted by Crippen LogP contribution is -2.04. The van der Waals surface area contributed by atoms with Crippen molar-refractivity contribution in [1.82, 2.24) is 23.7 Å². The standard InChI is InChI=1S/C66H41N5/c1-2-15-42(16-3-1)47-21-14-22-50(39-47)69-59-27-12-9-24-54(59)64-61(69)35-36-62-65(64)55-25-10-13-28-60(55)70(62)51-33-34-53-52-23-8-11-26-58(52)71(63(53)40-51)66-67-56(48-31-29-43-17-4-6-19-45(43)37-48)41-57(68-66)49-32-30-44-18-5-7-20-46(44)38-49/h1-41H. The predicted molar refractivity (Wildman–Crippen MR) is 296 cm³/mol. The van der Waals surface area contributed by atoms with E-state index in [0.717, 1.165) is 66.7 Å². The normalized spacial score (nSPS) is 11.9. The highest BCUT2D eigenvalue weighted by atomic mass is 15.2. The van der Waals surface area contributed by atoms with Crippen molar-refractivity contribution in [1.29, 1.82) is 0 Å². The molecule has 0 saturated carbocycles. The Morgan fingerprint density at radius 2 is 0.718 bits per heavy atom. The smallest absolute Gasteiger partial charge is 0.235 e. The van der Waals surface area contributed by atoms with Gasteiger partial charge in [-0.15, -0.1) is 0 Å². The maximum atomic E-state index is 5.49. The summed E-state index contributed by atoms with van der Waals surface area (Å²) in [6, 6.07) is 89.9. The van der Waals surface area contributed by atoms with Gasteiger partial charge >= 0.3 is 0 Å². The van der Waals surface area contributed by atoms with Crippen LogP contribution in [0.4, 0.5) is 0 Å². The molecule has 5 nitrogen and oxygen atoms in total. The highest BCUT2D eigenvalue weighted by Gasteiger charge is 2.23. The fraction of sp³-hybridized carbons (Fsp3) is 0. The van der Waals surface area contributed by atoms with Crippen molar-refractivity contribution >= 4 is 87.0 Å². The molecule has 11 aromatic carbocycles. The molecule has 0 aliphatic heterocycles. The zero-order valence-corrected chi connectivity index (χ0v) is 38.4. The Balaban J connectivity index is 0.972. The quantitative estimate of drug-likeness (QED) is 0.167. The third kappa shape index (κ3) is 6.13. The van der Waals surface area contributed by atoms with Crippen molar-refractivity contribution in [2.24, 2.45) is 0 Å². The third-order valence-electron chi connectivity index (χ3n) is 14.6. The van der Waals surface area contributed by atoms with E-state index >= 15 is 0 Å². The van der Waals surface area contributed by atoms with Crippen molar-refractivity contribution < 1.29 is 0 Å². The van der Waals surface area contributed by atoms with Crippen LogP contribution in [-0.4, -0.2) is 23.7 Å². The van der Waals surface area contributed by atoms with Crippen LogP contribution in [0.1, 0.15) is 0 Å². The van der Waals surface area contributed by atoms with E-state index in [1.807, 2.05) is 0 Å². The zero-order chi connectivity index (χ0) is 46.6. The topological polar surface area (TPSA) is 40.6 Å². The van der Waals surface area contributed by atoms with Gasteiger partial charge in [0.2, 0.25) is 5.95 Å². The molecule has 5 heteroatoms. The Hall–Kier alpha value is -9.58. The molecule has 0 atom stereocenters. The van der Waals surface area contributed by atoms with Gasteiger partial charge in [-0.05, 0) is 105 Å². The third-order valence-corrected chi connectivity index (χ3v) is 14.6. The maximum Gasteiger partial charge on any atom is 0.235 e. The lowest BCUT2D eigenvalue weighted by molar-refractivity contribution is 0.995. The molecule has 0 amide bonds. The summed E-state index contributed by atoms with van der Waals surface area (Å²) in [4.78, 5) is 11.0. The van der Waals surface area contributed by atoms with Crippen molar-refractivity contribution in [3.63, 3.8) is 0 Å². The molecule has 0 N–H and O–H groups in total. The van der Waals surface area contributed by atoms with Crippen LogP contribution in [0.5, 0.6) is 0 Å². The Labute approximate surface area is 408 Å². The van der Waals surface area contributed by atoms with Gasteiger partial charge in [-0.1, -0.05) is 176 Å². The van der Waals surface area contributed by atoms with Crippen LogP contribution in [-0.2, 0) is 0 Å². The number of benzene rings is 11. The van der Waals surface area contributed by atoms with Gasteiger partial charge in [0.1, 0.15) is 0 Å². The van der Waals surface area contributed by atoms with E-state index in [9.17, 15) is 0 Å². The molecule has 0 aliphatic rings. The molecule has 0 radical (unpaired) electrons. The van der Waals surface area contributed by atoms with Crippen molar-refractivity contribution in [3.05, 3.63) is 249 Å². The zero-order valence-electron chi connectivity index (χ0n) is 38.4. The molecule has 4 heterocycles. The van der Waals surface area contributed by atoms with Crippen LogP contribution >= 0.6 is 0 Å². The molecule has 15 rings (SSSR count). The highest BCUT2D eigenvalue weighted by molar-refractivity contribution is 6.29. The number of hydrogen-bond donors (Lipinski definition) is 0. The van der Waals surface area contributed by atoms with E-state index in [0.29, 0.717) is 5.95 Å². The second kappa shape index (κ2) is 15.5. The number of fused-ring (bicyclic) bond motifs is 12. The van der Waals surface area contributed by atoms with Crippen molar-refractivity contribution in [3.8, 4) is 51.0 Å². The molecule has 4 aromatic heterocycles. The first kappa shape index (κ1) is 39.4. The fourth-order valence-corrected chi connectivity index (χ4v) is 11.4. The summed E-state index contributed by atoms with van der Waals surface area (Å²) in [6.45, 7) is 0. The molecule has 15 aromatic rings. The minimum absolute atomic E-state index is 0.621. The summed E-state index contributed by atoms with van der Waals surface area (Å²) in [7, 11) is 0. The van der Waals surface area contributed by atoms with Crippen LogP contribution < -0.4 is 0 Å². The lowest BCUT2D eigenvalue weighted by Gasteiger charge is -2.13. The summed E-state index contributed by atoms with van der Waals surface area (Å²) in [6.07, 6.45) is 0. The minimum Gasteiger partial charge on any atom is -0.309 e. The van der Waals surface area contributed by atoms with E-state index in [4.69, 9.17) is 9.97 Å². The molecular formula is C66H41N5. The molecule has 0 unspecified atom stereocenters. The Morgan fingerprint density at radius 1 is 0.239 bits per heavy atom. The molecule has 71 heavy (non-hydrogen) atoms. The molecule has 0 saturated heterocycles. The van der Waals surface area contributed by atoms with Gasteiger partial charge in [-0.3, -0.25) is 4.57 Å². The number of nitrogens with zero attached hydrogens (tertiary/aromatic N) is 5. The number of rotatable bonds is 6. The SMILES string of the molecule is c1ccc(-c2cccc(-n3c4ccccc4c4c5c6ccccc6n(-c6ccc7c8ccccc8n(-c8nc(-c9ccc%10ccccc%10c9)cc(-c9ccc%10ccccc%10c9)n8)c7c6)c5ccc43)c2)cc1. The first-order valence-electron chi connectivity index (χ1n) is 24.2. The van der Waals surface area contributed by atoms with E-state index < -0.39 is 0 Å². The van der Waals surface area contributed by atoms with Gasteiger partial charge < -0.3 is 9.13 Å². The average molecular weight is 904 g/mol. The van der Waals surface area contributed by atoms with Crippen molar-refractivity contribution in [2.75, 3.05) is 0 Å². The molecule has 0 aliphatic carbocycles. The Bertz CT molecular complexity index is 4550.